The van der Waals surface area contributed by atoms with E-state index >= 15 is 0 Å². The molecule has 0 aliphatic carbocycles. The van der Waals surface area contributed by atoms with Crippen molar-refractivity contribution in [3.05, 3.63) is 60.8 Å². The van der Waals surface area contributed by atoms with E-state index in [2.05, 4.69) is 69.4 Å². The molecule has 0 saturated carbocycles. The number of hydrogen-bond donors (Lipinski definition) is 0. The van der Waals surface area contributed by atoms with Crippen LogP contribution in [0.25, 0.3) is 0 Å². The fourth-order valence-corrected chi connectivity index (χ4v) is 8.11. The van der Waals surface area contributed by atoms with E-state index in [1.807, 2.05) is 6.08 Å². The van der Waals surface area contributed by atoms with Gasteiger partial charge in [-0.05, 0) is 44.9 Å². The lowest BCUT2D eigenvalue weighted by molar-refractivity contribution is -0.166. The summed E-state index contributed by atoms with van der Waals surface area (Å²) in [5.74, 6) is -1.04. The third-order valence-corrected chi connectivity index (χ3v) is 12.3. The summed E-state index contributed by atoms with van der Waals surface area (Å²) in [6.07, 6.45) is 68.5. The van der Waals surface area contributed by atoms with E-state index in [0.717, 1.165) is 70.6 Å². The molecule has 1 unspecified atom stereocenters. The second kappa shape index (κ2) is 54.7. The number of esters is 3. The third kappa shape index (κ3) is 52.1. The first-order valence-electron chi connectivity index (χ1n) is 28.3. The Hall–Kier alpha value is -2.89. The van der Waals surface area contributed by atoms with E-state index in [0.29, 0.717) is 12.8 Å². The van der Waals surface area contributed by atoms with Gasteiger partial charge in [0.1, 0.15) is 13.2 Å². The maximum atomic E-state index is 12.7. The van der Waals surface area contributed by atoms with Crippen molar-refractivity contribution in [2.75, 3.05) is 13.2 Å². The summed E-state index contributed by atoms with van der Waals surface area (Å²) in [6, 6.07) is 0. The van der Waals surface area contributed by atoms with E-state index in [1.54, 1.807) is 6.08 Å². The molecule has 0 N–H and O–H groups in total. The van der Waals surface area contributed by atoms with Crippen LogP contribution >= 0.6 is 0 Å². The number of carbonyl (C=O) groups excluding carboxylic acids is 3. The van der Waals surface area contributed by atoms with Gasteiger partial charge in [0, 0.05) is 12.8 Å². The van der Waals surface area contributed by atoms with Crippen LogP contribution in [0, 0.1) is 0 Å². The van der Waals surface area contributed by atoms with Crippen molar-refractivity contribution in [2.24, 2.45) is 0 Å². The van der Waals surface area contributed by atoms with Crippen LogP contribution in [-0.2, 0) is 28.6 Å². The Balaban J connectivity index is 4.15. The molecule has 0 aliphatic heterocycles. The smallest absolute Gasteiger partial charge is 0.310 e. The van der Waals surface area contributed by atoms with E-state index in [9.17, 15) is 14.4 Å². The van der Waals surface area contributed by atoms with Gasteiger partial charge in [0.15, 0.2) is 6.10 Å². The average molecular weight is 924 g/mol. The maximum absolute atomic E-state index is 12.7. The predicted octanol–water partition coefficient (Wildman–Crippen LogP) is 18.8. The van der Waals surface area contributed by atoms with E-state index < -0.39 is 12.1 Å². The molecule has 0 rings (SSSR count). The van der Waals surface area contributed by atoms with Crippen molar-refractivity contribution >= 4 is 17.9 Å². The topological polar surface area (TPSA) is 78.9 Å². The van der Waals surface area contributed by atoms with E-state index in [-0.39, 0.29) is 31.6 Å². The molecular formula is C60H106O6. The molecule has 0 saturated heterocycles. The third-order valence-electron chi connectivity index (χ3n) is 12.3. The number of allylic oxidation sites excluding steroid dienone is 9. The van der Waals surface area contributed by atoms with E-state index in [1.165, 1.54) is 173 Å². The molecular weight excluding hydrogens is 817 g/mol. The Morgan fingerprint density at radius 3 is 0.864 bits per heavy atom. The lowest BCUT2D eigenvalue weighted by atomic mass is 10.0. The lowest BCUT2D eigenvalue weighted by Crippen LogP contribution is -2.30. The van der Waals surface area contributed by atoms with Crippen LogP contribution in [0.2, 0.25) is 0 Å². The zero-order valence-corrected chi connectivity index (χ0v) is 43.7. The maximum Gasteiger partial charge on any atom is 0.310 e. The second-order valence-corrected chi connectivity index (χ2v) is 18.9. The van der Waals surface area contributed by atoms with Gasteiger partial charge in [0.2, 0.25) is 0 Å². The quantitative estimate of drug-likeness (QED) is 0.0262. The molecule has 0 aromatic heterocycles. The summed E-state index contributed by atoms with van der Waals surface area (Å²) in [5, 5.41) is 0. The minimum atomic E-state index is -0.823. The van der Waals surface area contributed by atoms with E-state index in [4.69, 9.17) is 14.2 Å². The standard InChI is InChI=1S/C60H106O6/c1-4-7-10-13-16-18-20-22-24-25-26-27-28-29-30-31-32-33-34-36-37-39-41-44-47-50-53-59(62)65-56-57(55-64-58(61)52-49-46-43-15-12-9-6-3)66-60(63)54-51-48-45-42-40-38-35-23-21-19-17-14-11-8-5-2/h8,11,17,19,23,35,40,42,48,51,57H,4-7,9-10,12-16,18,20-22,24-34,36-39,41,43-47,49-50,52-56H2,1-3H3/b11-8-,19-17-,35-23-,42-40-,51-48-. The van der Waals surface area contributed by atoms with Gasteiger partial charge in [0.25, 0.3) is 0 Å². The number of hydrogen-bond acceptors (Lipinski definition) is 6. The number of rotatable bonds is 51. The lowest BCUT2D eigenvalue weighted by Gasteiger charge is -2.18. The van der Waals surface area contributed by atoms with Crippen molar-refractivity contribution in [2.45, 2.75) is 290 Å². The fourth-order valence-electron chi connectivity index (χ4n) is 8.11. The zero-order valence-electron chi connectivity index (χ0n) is 43.7. The first kappa shape index (κ1) is 63.1. The molecule has 6 heteroatoms. The van der Waals surface area contributed by atoms with Crippen LogP contribution in [0.5, 0.6) is 0 Å². The minimum absolute atomic E-state index is 0.101. The second-order valence-electron chi connectivity index (χ2n) is 18.9. The summed E-state index contributed by atoms with van der Waals surface area (Å²) < 4.78 is 16.6. The van der Waals surface area contributed by atoms with Gasteiger partial charge in [-0.25, -0.2) is 0 Å². The van der Waals surface area contributed by atoms with Crippen LogP contribution < -0.4 is 0 Å². The normalized spacial score (nSPS) is 12.5. The predicted molar refractivity (Wildman–Crippen MR) is 284 cm³/mol. The first-order valence-corrected chi connectivity index (χ1v) is 28.3. The molecule has 0 fully saturated rings. The Labute approximate surface area is 409 Å². The van der Waals surface area contributed by atoms with Crippen molar-refractivity contribution in [3.8, 4) is 0 Å². The van der Waals surface area contributed by atoms with Crippen molar-refractivity contribution in [1.29, 1.82) is 0 Å². The molecule has 0 amide bonds. The monoisotopic (exact) mass is 923 g/mol. The van der Waals surface area contributed by atoms with Crippen molar-refractivity contribution < 1.29 is 28.6 Å². The fraction of sp³-hybridized carbons (Fsp3) is 0.783. The Bertz CT molecular complexity index is 1200. The summed E-state index contributed by atoms with van der Waals surface area (Å²) >= 11 is 0. The molecule has 0 spiro atoms. The first-order chi connectivity index (χ1) is 32.5. The highest BCUT2D eigenvalue weighted by atomic mass is 16.6. The van der Waals surface area contributed by atoms with Crippen LogP contribution in [-0.4, -0.2) is 37.2 Å². The SMILES string of the molecule is CC/C=C\C/C=C\C/C=C\C/C=C\C/C=C\CC(=O)OC(COC(=O)CCCCCCCCC)COC(=O)CCCCCCCCCCCCCCCCCCCCCCCCCCCC. The summed E-state index contributed by atoms with van der Waals surface area (Å²) in [5.41, 5.74) is 0. The molecule has 0 radical (unpaired) electrons. The Morgan fingerprint density at radius 1 is 0.318 bits per heavy atom. The number of carbonyl (C=O) groups is 3. The molecule has 0 heterocycles. The highest BCUT2D eigenvalue weighted by molar-refractivity contribution is 5.72. The highest BCUT2D eigenvalue weighted by Gasteiger charge is 2.19. The van der Waals surface area contributed by atoms with Gasteiger partial charge in [-0.1, -0.05) is 281 Å². The number of unbranched alkanes of at least 4 members (excludes halogenated alkanes) is 31. The molecule has 0 aromatic carbocycles. The number of ether oxygens (including phenoxy) is 3. The van der Waals surface area contributed by atoms with Crippen LogP contribution in [0.15, 0.2) is 60.8 Å². The molecule has 0 bridgehead atoms. The Morgan fingerprint density at radius 2 is 0.576 bits per heavy atom. The molecule has 66 heavy (non-hydrogen) atoms. The molecule has 6 nitrogen and oxygen atoms in total. The van der Waals surface area contributed by atoms with Crippen LogP contribution in [0.1, 0.15) is 284 Å². The molecule has 0 aliphatic rings. The van der Waals surface area contributed by atoms with Gasteiger partial charge in [-0.3, -0.25) is 14.4 Å². The van der Waals surface area contributed by atoms with Gasteiger partial charge in [0.05, 0.1) is 6.42 Å². The average Bonchev–Trinajstić information content (AvgIpc) is 3.31. The van der Waals surface area contributed by atoms with Crippen molar-refractivity contribution in [3.63, 3.8) is 0 Å². The van der Waals surface area contributed by atoms with Gasteiger partial charge >= 0.3 is 17.9 Å². The van der Waals surface area contributed by atoms with Gasteiger partial charge in [-0.2, -0.15) is 0 Å². The summed E-state index contributed by atoms with van der Waals surface area (Å²) in [7, 11) is 0. The molecule has 1 atom stereocenters. The highest BCUT2D eigenvalue weighted by Crippen LogP contribution is 2.17. The van der Waals surface area contributed by atoms with Crippen LogP contribution in [0.3, 0.4) is 0 Å². The van der Waals surface area contributed by atoms with Crippen molar-refractivity contribution in [1.82, 2.24) is 0 Å². The largest absolute Gasteiger partial charge is 0.462 e. The van der Waals surface area contributed by atoms with Gasteiger partial charge in [-0.15, -0.1) is 0 Å². The zero-order chi connectivity index (χ0) is 47.9. The summed E-state index contributed by atoms with van der Waals surface area (Å²) in [6.45, 7) is 6.42. The molecule has 382 valence electrons. The van der Waals surface area contributed by atoms with Crippen LogP contribution in [0.4, 0.5) is 0 Å². The summed E-state index contributed by atoms with van der Waals surface area (Å²) in [4.78, 5) is 37.8. The minimum Gasteiger partial charge on any atom is -0.462 e. The Kier molecular flexibility index (Phi) is 52.3. The molecule has 0 aromatic rings. The van der Waals surface area contributed by atoms with Gasteiger partial charge < -0.3 is 14.2 Å².